The van der Waals surface area contributed by atoms with Crippen molar-refractivity contribution in [2.75, 3.05) is 13.2 Å². The van der Waals surface area contributed by atoms with Crippen LogP contribution in [0.4, 0.5) is 0 Å². The van der Waals surface area contributed by atoms with Crippen LogP contribution >= 0.6 is 12.4 Å². The summed E-state index contributed by atoms with van der Waals surface area (Å²) in [5.41, 5.74) is 7.93. The first-order valence-corrected chi connectivity index (χ1v) is 7.68. The molecule has 0 fully saturated rings. The summed E-state index contributed by atoms with van der Waals surface area (Å²) in [6.45, 7) is 6.87. The second-order valence-corrected chi connectivity index (χ2v) is 5.79. The molecule has 126 valence electrons. The van der Waals surface area contributed by atoms with E-state index in [4.69, 9.17) is 5.73 Å². The minimum atomic E-state index is -0.647. The van der Waals surface area contributed by atoms with Gasteiger partial charge in [-0.15, -0.1) is 12.4 Å². The van der Waals surface area contributed by atoms with Gasteiger partial charge in [0, 0.05) is 13.2 Å². The number of aliphatic hydroxyl groups is 1. The molecule has 0 aliphatic carbocycles. The van der Waals surface area contributed by atoms with E-state index in [0.29, 0.717) is 13.0 Å². The van der Waals surface area contributed by atoms with Gasteiger partial charge in [-0.1, -0.05) is 43.7 Å². The number of benzene rings is 1. The smallest absolute Gasteiger partial charge is 0.241 e. The molecule has 4 N–H and O–H groups in total. The predicted molar refractivity (Wildman–Crippen MR) is 93.1 cm³/mol. The number of carbonyl (C=O) groups excluding carboxylic acids is 1. The number of nitrogens with one attached hydrogen (secondary N) is 1. The fourth-order valence-corrected chi connectivity index (χ4v) is 2.49. The molecule has 1 aromatic carbocycles. The summed E-state index contributed by atoms with van der Waals surface area (Å²) < 4.78 is 0. The van der Waals surface area contributed by atoms with Gasteiger partial charge in [0.25, 0.3) is 0 Å². The summed E-state index contributed by atoms with van der Waals surface area (Å²) in [5, 5.41) is 12.2. The number of hydrogen-bond donors (Lipinski definition) is 3. The fraction of sp³-hybridized carbons (Fsp3) is 0.588. The van der Waals surface area contributed by atoms with Crippen molar-refractivity contribution < 1.29 is 9.90 Å². The molecule has 0 spiro atoms. The van der Waals surface area contributed by atoms with Crippen molar-refractivity contribution in [3.8, 4) is 0 Å². The highest BCUT2D eigenvalue weighted by Gasteiger charge is 2.27. The van der Waals surface area contributed by atoms with Crippen LogP contribution in [0, 0.1) is 12.3 Å². The number of hydrogen-bond acceptors (Lipinski definition) is 3. The second kappa shape index (κ2) is 9.82. The van der Waals surface area contributed by atoms with Crippen LogP contribution in [0.2, 0.25) is 0 Å². The Morgan fingerprint density at radius 3 is 2.27 bits per heavy atom. The summed E-state index contributed by atoms with van der Waals surface area (Å²) in [6.07, 6.45) is 2.54. The van der Waals surface area contributed by atoms with E-state index >= 15 is 0 Å². The van der Waals surface area contributed by atoms with E-state index in [1.807, 2.05) is 31.2 Å². The summed E-state index contributed by atoms with van der Waals surface area (Å²) in [6, 6.07) is 7.04. The van der Waals surface area contributed by atoms with Crippen LogP contribution in [0.15, 0.2) is 24.3 Å². The lowest BCUT2D eigenvalue weighted by Gasteiger charge is -2.31. The average Bonchev–Trinajstić information content (AvgIpc) is 2.51. The van der Waals surface area contributed by atoms with Crippen molar-refractivity contribution in [1.29, 1.82) is 0 Å². The second-order valence-electron chi connectivity index (χ2n) is 5.79. The predicted octanol–water partition coefficient (Wildman–Crippen LogP) is 2.72. The molecule has 0 aliphatic rings. The molecule has 0 aromatic heterocycles. The monoisotopic (exact) mass is 328 g/mol. The summed E-state index contributed by atoms with van der Waals surface area (Å²) in [7, 11) is 0. The Morgan fingerprint density at radius 1 is 1.27 bits per heavy atom. The Hall–Kier alpha value is -1.10. The van der Waals surface area contributed by atoms with E-state index in [9.17, 15) is 9.90 Å². The highest BCUT2D eigenvalue weighted by molar-refractivity contribution is 5.85. The molecule has 0 bridgehead atoms. The average molecular weight is 329 g/mol. The zero-order chi connectivity index (χ0) is 15.9. The third-order valence-corrected chi connectivity index (χ3v) is 4.50. The molecule has 0 aliphatic heterocycles. The maximum atomic E-state index is 12.2. The van der Waals surface area contributed by atoms with Gasteiger partial charge < -0.3 is 16.2 Å². The molecule has 0 heterocycles. The molecule has 1 amide bonds. The van der Waals surface area contributed by atoms with Crippen LogP contribution in [-0.4, -0.2) is 24.2 Å². The lowest BCUT2D eigenvalue weighted by atomic mass is 9.79. The van der Waals surface area contributed by atoms with Gasteiger partial charge in [0.2, 0.25) is 5.91 Å². The quantitative estimate of drug-likeness (QED) is 0.686. The highest BCUT2D eigenvalue weighted by Crippen LogP contribution is 2.29. The topological polar surface area (TPSA) is 75.3 Å². The standard InChI is InChI=1S/C17H28N2O2.ClH/c1-4-17(5-2,10-11-20)12-19-16(21)15(18)14-8-6-13(3)7-9-14;/h6-9,15,20H,4-5,10-12,18H2,1-3H3,(H,19,21);1H. The van der Waals surface area contributed by atoms with Crippen molar-refractivity contribution >= 4 is 18.3 Å². The molecule has 1 aromatic rings. The minimum Gasteiger partial charge on any atom is -0.396 e. The molecule has 4 nitrogen and oxygen atoms in total. The van der Waals surface area contributed by atoms with E-state index in [2.05, 4.69) is 19.2 Å². The van der Waals surface area contributed by atoms with Gasteiger partial charge in [0.1, 0.15) is 6.04 Å². The number of halogens is 1. The number of rotatable bonds is 8. The van der Waals surface area contributed by atoms with E-state index in [1.165, 1.54) is 0 Å². The molecule has 1 unspecified atom stereocenters. The summed E-state index contributed by atoms with van der Waals surface area (Å²) in [4.78, 5) is 12.2. The zero-order valence-corrected chi connectivity index (χ0v) is 14.6. The van der Waals surface area contributed by atoms with Crippen LogP contribution in [0.3, 0.4) is 0 Å². The number of aryl methyl sites for hydroxylation is 1. The molecular formula is C17H29ClN2O2. The van der Waals surface area contributed by atoms with Gasteiger partial charge in [-0.05, 0) is 37.2 Å². The first-order valence-electron chi connectivity index (χ1n) is 7.68. The lowest BCUT2D eigenvalue weighted by molar-refractivity contribution is -0.123. The lowest BCUT2D eigenvalue weighted by Crippen LogP contribution is -2.41. The van der Waals surface area contributed by atoms with Gasteiger partial charge in [-0.25, -0.2) is 0 Å². The van der Waals surface area contributed by atoms with Crippen molar-refractivity contribution in [1.82, 2.24) is 5.32 Å². The van der Waals surface area contributed by atoms with Gasteiger partial charge in [-0.3, -0.25) is 4.79 Å². The summed E-state index contributed by atoms with van der Waals surface area (Å²) >= 11 is 0. The van der Waals surface area contributed by atoms with Crippen molar-refractivity contribution in [2.45, 2.75) is 46.1 Å². The molecule has 5 heteroatoms. The maximum Gasteiger partial charge on any atom is 0.241 e. The van der Waals surface area contributed by atoms with E-state index < -0.39 is 6.04 Å². The third kappa shape index (κ3) is 5.59. The summed E-state index contributed by atoms with van der Waals surface area (Å²) in [5.74, 6) is -0.164. The van der Waals surface area contributed by atoms with Crippen molar-refractivity contribution in [3.63, 3.8) is 0 Å². The number of aliphatic hydroxyl groups excluding tert-OH is 1. The Labute approximate surface area is 139 Å². The third-order valence-electron chi connectivity index (χ3n) is 4.50. The van der Waals surface area contributed by atoms with E-state index in [0.717, 1.165) is 24.0 Å². The normalized spacial score (nSPS) is 12.4. The molecule has 0 saturated heterocycles. The minimum absolute atomic E-state index is 0. The first kappa shape index (κ1) is 20.9. The molecule has 1 atom stereocenters. The van der Waals surface area contributed by atoms with Crippen LogP contribution in [-0.2, 0) is 4.79 Å². The molecular weight excluding hydrogens is 300 g/mol. The van der Waals surface area contributed by atoms with Crippen molar-refractivity contribution in [2.24, 2.45) is 11.1 Å². The largest absolute Gasteiger partial charge is 0.396 e. The fourth-order valence-electron chi connectivity index (χ4n) is 2.49. The van der Waals surface area contributed by atoms with Crippen molar-refractivity contribution in [3.05, 3.63) is 35.4 Å². The molecule has 22 heavy (non-hydrogen) atoms. The van der Waals surface area contributed by atoms with Gasteiger partial charge in [0.05, 0.1) is 0 Å². The Kier molecular flexibility index (Phi) is 9.33. The molecule has 1 rings (SSSR count). The Bertz CT molecular complexity index is 444. The van der Waals surface area contributed by atoms with Gasteiger partial charge in [-0.2, -0.15) is 0 Å². The number of amides is 1. The van der Waals surface area contributed by atoms with E-state index in [-0.39, 0.29) is 30.3 Å². The maximum absolute atomic E-state index is 12.2. The first-order chi connectivity index (χ1) is 9.98. The van der Waals surface area contributed by atoms with Gasteiger partial charge >= 0.3 is 0 Å². The Morgan fingerprint density at radius 2 is 1.82 bits per heavy atom. The van der Waals surface area contributed by atoms with E-state index in [1.54, 1.807) is 0 Å². The van der Waals surface area contributed by atoms with Gasteiger partial charge in [0.15, 0.2) is 0 Å². The van der Waals surface area contributed by atoms with Crippen LogP contribution in [0.1, 0.15) is 50.3 Å². The molecule has 0 saturated carbocycles. The highest BCUT2D eigenvalue weighted by atomic mass is 35.5. The number of nitrogens with two attached hydrogens (primary N) is 1. The zero-order valence-electron chi connectivity index (χ0n) is 13.8. The van der Waals surface area contributed by atoms with Crippen LogP contribution in [0.25, 0.3) is 0 Å². The Balaban J connectivity index is 0.00000441. The number of carbonyl (C=O) groups is 1. The van der Waals surface area contributed by atoms with Crippen LogP contribution in [0.5, 0.6) is 0 Å². The SMILES string of the molecule is CCC(CC)(CCO)CNC(=O)C(N)c1ccc(C)cc1.Cl. The molecule has 0 radical (unpaired) electrons. The van der Waals surface area contributed by atoms with Crippen LogP contribution < -0.4 is 11.1 Å².